The van der Waals surface area contributed by atoms with Gasteiger partial charge in [-0.25, -0.2) is 0 Å². The largest absolute Gasteiger partial charge is 0.493 e. The molecule has 3 rings (SSSR count). The Kier molecular flexibility index (Phi) is 12.5. The second kappa shape index (κ2) is 14.8. The van der Waals surface area contributed by atoms with Crippen LogP contribution in [-0.2, 0) is 6.54 Å². The molecule has 1 aliphatic carbocycles. The molecule has 0 aromatic heterocycles. The molecule has 0 bridgehead atoms. The average molecular weight is 560 g/mol. The topological polar surface area (TPSA) is 61.4 Å². The highest BCUT2D eigenvalue weighted by molar-refractivity contribution is 14.0. The lowest BCUT2D eigenvalue weighted by molar-refractivity contribution is 0.198. The third kappa shape index (κ3) is 8.59. The van der Waals surface area contributed by atoms with Gasteiger partial charge >= 0.3 is 0 Å². The van der Waals surface area contributed by atoms with E-state index in [4.69, 9.17) is 9.47 Å². The van der Waals surface area contributed by atoms with Crippen molar-refractivity contribution in [1.29, 1.82) is 0 Å². The first-order valence-electron chi connectivity index (χ1n) is 11.9. The van der Waals surface area contributed by atoms with Crippen LogP contribution in [0.4, 0.5) is 0 Å². The van der Waals surface area contributed by atoms with E-state index in [2.05, 4.69) is 38.5 Å². The lowest BCUT2D eigenvalue weighted by Gasteiger charge is -2.21. The zero-order chi connectivity index (χ0) is 21.9. The summed E-state index contributed by atoms with van der Waals surface area (Å²) in [5.41, 5.74) is 1.10. The second-order valence-electron chi connectivity index (χ2n) is 8.68. The van der Waals surface area contributed by atoms with E-state index < -0.39 is 0 Å². The van der Waals surface area contributed by atoms with Gasteiger partial charge in [-0.15, -0.1) is 24.0 Å². The van der Waals surface area contributed by atoms with Crippen LogP contribution in [0.25, 0.3) is 0 Å². The number of hydrogen-bond acceptors (Lipinski definition) is 5. The van der Waals surface area contributed by atoms with Crippen molar-refractivity contribution >= 4 is 29.9 Å². The van der Waals surface area contributed by atoms with E-state index >= 15 is 0 Å². The van der Waals surface area contributed by atoms with Gasteiger partial charge in [0, 0.05) is 38.8 Å². The van der Waals surface area contributed by atoms with Crippen LogP contribution in [0.3, 0.4) is 0 Å². The van der Waals surface area contributed by atoms with Gasteiger partial charge in [0.1, 0.15) is 0 Å². The van der Waals surface area contributed by atoms with Crippen molar-refractivity contribution < 1.29 is 9.47 Å². The Morgan fingerprint density at radius 3 is 2.66 bits per heavy atom. The Labute approximate surface area is 211 Å². The summed E-state index contributed by atoms with van der Waals surface area (Å²) in [6.45, 7) is 7.45. The van der Waals surface area contributed by atoms with Crippen LogP contribution in [0.2, 0.25) is 0 Å². The molecule has 2 N–H and O–H groups in total. The van der Waals surface area contributed by atoms with E-state index in [0.717, 1.165) is 55.4 Å². The molecule has 0 spiro atoms. The summed E-state index contributed by atoms with van der Waals surface area (Å²) < 4.78 is 11.9. The summed E-state index contributed by atoms with van der Waals surface area (Å²) in [6, 6.07) is 6.09. The molecule has 1 aliphatic heterocycles. The molecule has 7 nitrogen and oxygen atoms in total. The number of para-hydroxylation sites is 1. The number of hydrogen-bond donors (Lipinski definition) is 2. The summed E-state index contributed by atoms with van der Waals surface area (Å²) in [4.78, 5) is 9.39. The molecule has 1 saturated heterocycles. The predicted molar refractivity (Wildman–Crippen MR) is 143 cm³/mol. The van der Waals surface area contributed by atoms with Crippen LogP contribution in [0.15, 0.2) is 23.2 Å². The molecule has 0 radical (unpaired) electrons. The summed E-state index contributed by atoms with van der Waals surface area (Å²) in [6.07, 6.45) is 7.42. The Balaban J connectivity index is 0.00000363. The molecule has 0 atom stereocenters. The summed E-state index contributed by atoms with van der Waals surface area (Å²) in [5, 5.41) is 6.89. The van der Waals surface area contributed by atoms with Gasteiger partial charge in [-0.2, -0.15) is 0 Å². The zero-order valence-electron chi connectivity index (χ0n) is 20.1. The number of methoxy groups -OCH3 is 1. The molecule has 0 amide bonds. The molecular formula is C24H42IN5O2. The van der Waals surface area contributed by atoms with Crippen LogP contribution < -0.4 is 20.1 Å². The molecule has 2 fully saturated rings. The number of nitrogens with zero attached hydrogens (tertiary/aromatic N) is 3. The van der Waals surface area contributed by atoms with Crippen LogP contribution in [0, 0.1) is 0 Å². The van der Waals surface area contributed by atoms with E-state index in [9.17, 15) is 0 Å². The van der Waals surface area contributed by atoms with Gasteiger partial charge in [0.15, 0.2) is 17.5 Å². The summed E-state index contributed by atoms with van der Waals surface area (Å²) in [7, 11) is 5.74. The number of benzene rings is 1. The fourth-order valence-electron chi connectivity index (χ4n) is 4.40. The molecule has 2 aliphatic rings. The SMILES string of the molecule is CN=C(NCCCN1CCCN(C)CC1)NCc1cccc(OC)c1OC1CCCC1.I. The van der Waals surface area contributed by atoms with Gasteiger partial charge < -0.3 is 29.9 Å². The van der Waals surface area contributed by atoms with Crippen molar-refractivity contribution in [2.75, 3.05) is 60.5 Å². The predicted octanol–water partition coefficient (Wildman–Crippen LogP) is 3.33. The van der Waals surface area contributed by atoms with Crippen molar-refractivity contribution in [3.05, 3.63) is 23.8 Å². The second-order valence-corrected chi connectivity index (χ2v) is 8.68. The molecule has 0 unspecified atom stereocenters. The Morgan fingerprint density at radius 2 is 1.91 bits per heavy atom. The third-order valence-electron chi connectivity index (χ3n) is 6.29. The van der Waals surface area contributed by atoms with Crippen molar-refractivity contribution in [3.8, 4) is 11.5 Å². The van der Waals surface area contributed by atoms with E-state index in [0.29, 0.717) is 12.6 Å². The van der Waals surface area contributed by atoms with Crippen molar-refractivity contribution in [1.82, 2.24) is 20.4 Å². The van der Waals surface area contributed by atoms with Gasteiger partial charge in [-0.1, -0.05) is 12.1 Å². The number of guanidine groups is 1. The van der Waals surface area contributed by atoms with E-state index in [-0.39, 0.29) is 24.0 Å². The maximum absolute atomic E-state index is 6.34. The number of aliphatic imine (C=N–C) groups is 1. The van der Waals surface area contributed by atoms with E-state index in [1.807, 2.05) is 19.2 Å². The minimum atomic E-state index is 0. The van der Waals surface area contributed by atoms with Crippen LogP contribution in [0.1, 0.15) is 44.1 Å². The highest BCUT2D eigenvalue weighted by Gasteiger charge is 2.20. The van der Waals surface area contributed by atoms with Crippen LogP contribution in [0.5, 0.6) is 11.5 Å². The van der Waals surface area contributed by atoms with Gasteiger partial charge in [0.25, 0.3) is 0 Å². The fraction of sp³-hybridized carbons (Fsp3) is 0.708. The van der Waals surface area contributed by atoms with Crippen molar-refractivity contribution in [3.63, 3.8) is 0 Å². The molecule has 32 heavy (non-hydrogen) atoms. The van der Waals surface area contributed by atoms with E-state index in [1.165, 1.54) is 45.4 Å². The summed E-state index contributed by atoms with van der Waals surface area (Å²) >= 11 is 0. The minimum absolute atomic E-state index is 0. The monoisotopic (exact) mass is 559 g/mol. The molecule has 1 saturated carbocycles. The Bertz CT molecular complexity index is 697. The van der Waals surface area contributed by atoms with Crippen LogP contribution in [-0.4, -0.2) is 82.3 Å². The summed E-state index contributed by atoms with van der Waals surface area (Å²) in [5.74, 6) is 2.49. The first-order chi connectivity index (χ1) is 15.2. The standard InChI is InChI=1S/C24H41N5O2.HI/c1-25-24(26-13-7-15-29-16-8-14-28(2)17-18-29)27-19-20-9-6-12-22(30-3)23(20)31-21-10-4-5-11-21;/h6,9,12,21H,4-5,7-8,10-11,13-19H2,1-3H3,(H2,25,26,27);1H. The number of nitrogens with one attached hydrogen (secondary N) is 2. The Morgan fingerprint density at radius 1 is 1.09 bits per heavy atom. The lowest BCUT2D eigenvalue weighted by Crippen LogP contribution is -2.38. The first kappa shape index (κ1) is 27.0. The lowest BCUT2D eigenvalue weighted by atomic mass is 10.1. The number of halogens is 1. The average Bonchev–Trinajstić information content (AvgIpc) is 3.21. The van der Waals surface area contributed by atoms with Gasteiger partial charge in [0.05, 0.1) is 13.2 Å². The molecule has 1 aromatic rings. The van der Waals surface area contributed by atoms with Crippen molar-refractivity contribution in [2.24, 2.45) is 4.99 Å². The molecule has 1 heterocycles. The smallest absolute Gasteiger partial charge is 0.191 e. The molecule has 8 heteroatoms. The normalized spacial score (nSPS) is 18.7. The van der Waals surface area contributed by atoms with Gasteiger partial charge in [-0.3, -0.25) is 4.99 Å². The third-order valence-corrected chi connectivity index (χ3v) is 6.29. The van der Waals surface area contributed by atoms with Crippen molar-refractivity contribution in [2.45, 2.75) is 51.2 Å². The molecular weight excluding hydrogens is 517 g/mol. The molecule has 182 valence electrons. The fourth-order valence-corrected chi connectivity index (χ4v) is 4.40. The number of ether oxygens (including phenoxy) is 2. The number of likely N-dealkylation sites (N-methyl/N-ethyl adjacent to an activating group) is 1. The van der Waals surface area contributed by atoms with Gasteiger partial charge in [-0.05, 0) is 71.3 Å². The van der Waals surface area contributed by atoms with Gasteiger partial charge in [0.2, 0.25) is 0 Å². The van der Waals surface area contributed by atoms with Crippen LogP contribution >= 0.6 is 24.0 Å². The maximum atomic E-state index is 6.34. The highest BCUT2D eigenvalue weighted by atomic mass is 127. The number of rotatable bonds is 9. The quantitative estimate of drug-likeness (QED) is 0.210. The maximum Gasteiger partial charge on any atom is 0.191 e. The Hall–Kier alpha value is -1.26. The highest BCUT2D eigenvalue weighted by Crippen LogP contribution is 2.34. The minimum Gasteiger partial charge on any atom is -0.493 e. The van der Waals surface area contributed by atoms with E-state index in [1.54, 1.807) is 7.11 Å². The molecule has 1 aromatic carbocycles. The first-order valence-corrected chi connectivity index (χ1v) is 11.9. The zero-order valence-corrected chi connectivity index (χ0v) is 22.4.